The number of carbonyl (C=O) groups excluding carboxylic acids is 2. The molecule has 190 valence electrons. The number of allylic oxidation sites excluding steroid dienone is 1. The van der Waals surface area contributed by atoms with Crippen molar-refractivity contribution in [3.8, 4) is 0 Å². The average molecular weight is 505 g/mol. The third-order valence-corrected chi connectivity index (χ3v) is 11.1. The van der Waals surface area contributed by atoms with Crippen molar-refractivity contribution in [2.45, 2.75) is 76.6 Å². The Bertz CT molecular complexity index is 1030. The summed E-state index contributed by atoms with van der Waals surface area (Å²) in [6.07, 6.45) is 4.78. The van der Waals surface area contributed by atoms with Gasteiger partial charge in [0, 0.05) is 24.2 Å². The molecule has 0 spiro atoms. The molecule has 34 heavy (non-hydrogen) atoms. The number of aliphatic carboxylic acids is 1. The molecule has 0 amide bonds. The number of Topliss-reactive ketones (excluding diaryl/α,β-unsaturated/α-hetero) is 1. The molecule has 6 atom stereocenters. The molecule has 0 unspecified atom stereocenters. The van der Waals surface area contributed by atoms with E-state index in [1.54, 1.807) is 0 Å². The second-order valence-electron chi connectivity index (χ2n) is 10.9. The van der Waals surface area contributed by atoms with Crippen LogP contribution in [0.4, 0.5) is 13.2 Å². The number of halogens is 3. The summed E-state index contributed by atoms with van der Waals surface area (Å²) in [5, 5.41) is 8.95. The van der Waals surface area contributed by atoms with E-state index in [2.05, 4.69) is 0 Å². The van der Waals surface area contributed by atoms with Crippen molar-refractivity contribution in [3.63, 3.8) is 0 Å². The molecule has 6 nitrogen and oxygen atoms in total. The Kier molecular flexibility index (Phi) is 6.31. The van der Waals surface area contributed by atoms with Crippen molar-refractivity contribution in [3.05, 3.63) is 11.6 Å². The quantitative estimate of drug-likeness (QED) is 0.572. The first-order chi connectivity index (χ1) is 15.7. The maximum atomic E-state index is 13.4. The molecule has 0 aromatic carbocycles. The highest BCUT2D eigenvalue weighted by Crippen LogP contribution is 2.67. The molecule has 0 aromatic heterocycles. The van der Waals surface area contributed by atoms with Crippen LogP contribution in [0.15, 0.2) is 11.6 Å². The Morgan fingerprint density at radius 2 is 1.76 bits per heavy atom. The van der Waals surface area contributed by atoms with Crippen LogP contribution >= 0.6 is 0 Å². The number of alkyl halides is 3. The Labute approximate surface area is 197 Å². The van der Waals surface area contributed by atoms with Gasteiger partial charge in [-0.25, -0.2) is 8.42 Å². The fraction of sp³-hybridized carbons (Fsp3) is 0.792. The van der Waals surface area contributed by atoms with Gasteiger partial charge < -0.3 is 5.11 Å². The fourth-order valence-electron chi connectivity index (χ4n) is 7.99. The lowest BCUT2D eigenvalue weighted by atomic mass is 9.46. The fourth-order valence-corrected chi connectivity index (χ4v) is 9.37. The van der Waals surface area contributed by atoms with Crippen LogP contribution in [-0.2, 0) is 24.2 Å². The molecule has 0 radical (unpaired) electrons. The molecule has 0 saturated heterocycles. The zero-order valence-corrected chi connectivity index (χ0v) is 20.0. The third kappa shape index (κ3) is 4.03. The van der Waals surface area contributed by atoms with E-state index in [0.717, 1.165) is 6.42 Å². The highest BCUT2D eigenvalue weighted by Gasteiger charge is 2.63. The number of fused-ring (bicyclic) bond motifs is 5. The van der Waals surface area contributed by atoms with Crippen LogP contribution < -0.4 is 0 Å². The van der Waals surface area contributed by atoms with Crippen molar-refractivity contribution in [2.24, 2.45) is 34.5 Å². The third-order valence-electron chi connectivity index (χ3n) is 9.46. The van der Waals surface area contributed by atoms with E-state index in [9.17, 15) is 36.0 Å². The van der Waals surface area contributed by atoms with Crippen LogP contribution in [0, 0.1) is 34.5 Å². The highest BCUT2D eigenvalue weighted by atomic mass is 32.2. The van der Waals surface area contributed by atoms with Gasteiger partial charge in [-0.1, -0.05) is 12.5 Å². The molecule has 0 aliphatic heterocycles. The predicted molar refractivity (Wildman–Crippen MR) is 116 cm³/mol. The zero-order chi connectivity index (χ0) is 25.1. The van der Waals surface area contributed by atoms with E-state index in [0.29, 0.717) is 37.7 Å². The normalized spacial score (nSPS) is 37.9. The Morgan fingerprint density at radius 3 is 2.41 bits per heavy atom. The summed E-state index contributed by atoms with van der Waals surface area (Å²) in [4.78, 5) is 35.9. The molecule has 3 fully saturated rings. The highest BCUT2D eigenvalue weighted by molar-refractivity contribution is 7.92. The summed E-state index contributed by atoms with van der Waals surface area (Å²) in [6, 6.07) is 0. The van der Waals surface area contributed by atoms with Crippen LogP contribution in [0.1, 0.15) is 71.1 Å². The number of carboxylic acids is 1. The van der Waals surface area contributed by atoms with Crippen molar-refractivity contribution in [2.75, 3.05) is 5.75 Å². The molecule has 10 heteroatoms. The van der Waals surface area contributed by atoms with Crippen molar-refractivity contribution in [1.82, 2.24) is 0 Å². The molecule has 4 aliphatic carbocycles. The van der Waals surface area contributed by atoms with Gasteiger partial charge in [-0.15, -0.1) is 0 Å². The van der Waals surface area contributed by atoms with Gasteiger partial charge in [0.15, 0.2) is 5.78 Å². The van der Waals surface area contributed by atoms with Crippen LogP contribution in [0.2, 0.25) is 0 Å². The summed E-state index contributed by atoms with van der Waals surface area (Å²) >= 11 is 0. The second kappa shape index (κ2) is 8.45. The van der Waals surface area contributed by atoms with Gasteiger partial charge >= 0.3 is 11.5 Å². The Hall–Kier alpha value is -1.71. The number of rotatable bonds is 6. The minimum absolute atomic E-state index is 0.0233. The first kappa shape index (κ1) is 25.4. The maximum Gasteiger partial charge on any atom is 0.497 e. The Morgan fingerprint density at radius 1 is 1.06 bits per heavy atom. The minimum atomic E-state index is -5.38. The topological polar surface area (TPSA) is 106 Å². The van der Waals surface area contributed by atoms with Gasteiger partial charge in [0.25, 0.3) is 0 Å². The smallest absolute Gasteiger partial charge is 0.481 e. The first-order valence-corrected chi connectivity index (χ1v) is 13.6. The van der Waals surface area contributed by atoms with E-state index < -0.39 is 32.5 Å². The van der Waals surface area contributed by atoms with Gasteiger partial charge in [0.1, 0.15) is 5.78 Å². The van der Waals surface area contributed by atoms with E-state index >= 15 is 0 Å². The molecule has 0 bridgehead atoms. The monoisotopic (exact) mass is 504 g/mol. The molecule has 0 aromatic rings. The zero-order valence-electron chi connectivity index (χ0n) is 19.2. The van der Waals surface area contributed by atoms with Crippen molar-refractivity contribution in [1.29, 1.82) is 0 Å². The largest absolute Gasteiger partial charge is 0.497 e. The van der Waals surface area contributed by atoms with Crippen LogP contribution in [0.5, 0.6) is 0 Å². The summed E-state index contributed by atoms with van der Waals surface area (Å²) in [5.74, 6) is -2.81. The summed E-state index contributed by atoms with van der Waals surface area (Å²) in [6.45, 7) is 2.04. The van der Waals surface area contributed by atoms with Gasteiger partial charge in [-0.2, -0.15) is 13.2 Å². The molecule has 3 saturated carbocycles. The summed E-state index contributed by atoms with van der Waals surface area (Å²) in [5.41, 5.74) is -6.36. The Balaban J connectivity index is 1.67. The minimum Gasteiger partial charge on any atom is -0.481 e. The lowest BCUT2D eigenvalue weighted by Gasteiger charge is -2.58. The molecule has 0 heterocycles. The van der Waals surface area contributed by atoms with E-state index in [1.807, 2.05) is 6.92 Å². The number of hydrogen-bond acceptors (Lipinski definition) is 5. The van der Waals surface area contributed by atoms with Gasteiger partial charge in [0.2, 0.25) is 9.84 Å². The lowest BCUT2D eigenvalue weighted by molar-refractivity contribution is -0.140. The SMILES string of the molecule is C[C@]12CC[C@H]3[C@@H](CCC4=CC(=O)CC[C@@]43CS(=O)(=O)C(F)(F)F)[C@@H]1CC[C@@H]2C(=O)CCC(=O)O. The number of sulfone groups is 1. The summed E-state index contributed by atoms with van der Waals surface area (Å²) in [7, 11) is -5.38. The van der Waals surface area contributed by atoms with Crippen molar-refractivity contribution < 1.29 is 41.1 Å². The van der Waals surface area contributed by atoms with Gasteiger partial charge in [0.05, 0.1) is 12.2 Å². The second-order valence-corrected chi connectivity index (χ2v) is 12.9. The molecule has 4 rings (SSSR count). The van der Waals surface area contributed by atoms with Crippen LogP contribution in [0.3, 0.4) is 0 Å². The van der Waals surface area contributed by atoms with Gasteiger partial charge in [-0.3, -0.25) is 14.4 Å². The van der Waals surface area contributed by atoms with Crippen molar-refractivity contribution >= 4 is 27.4 Å². The number of carboxylic acid groups (broad SMARTS) is 1. The number of carbonyl (C=O) groups is 3. The van der Waals surface area contributed by atoms with Crippen LogP contribution in [-0.4, -0.2) is 42.3 Å². The first-order valence-electron chi connectivity index (χ1n) is 12.0. The van der Waals surface area contributed by atoms with Gasteiger partial charge in [-0.05, 0) is 74.2 Å². The predicted octanol–water partition coefficient (Wildman–Crippen LogP) is 4.48. The molecular weight excluding hydrogens is 473 g/mol. The summed E-state index contributed by atoms with van der Waals surface area (Å²) < 4.78 is 65.0. The van der Waals surface area contributed by atoms with Crippen LogP contribution in [0.25, 0.3) is 0 Å². The number of hydrogen-bond donors (Lipinski definition) is 1. The average Bonchev–Trinajstić information content (AvgIpc) is 3.08. The number of ketones is 2. The molecule has 1 N–H and O–H groups in total. The molecule has 4 aliphatic rings. The maximum absolute atomic E-state index is 13.4. The lowest BCUT2D eigenvalue weighted by Crippen LogP contribution is -2.55. The molecular formula is C24H31F3O6S. The van der Waals surface area contributed by atoms with E-state index in [4.69, 9.17) is 5.11 Å². The standard InChI is InChI=1S/C24H31F3O6S/c1-22-10-9-18-16(17(22)4-5-19(22)20(29)6-7-21(30)31)3-2-14-12-15(28)8-11-23(14,18)13-34(32,33)24(25,26)27/h12,16-19H,2-11,13H2,1H3,(H,30,31)/t16-,17-,18-,19+,22-,23+/m0/s1. The van der Waals surface area contributed by atoms with E-state index in [-0.39, 0.29) is 66.3 Å². The van der Waals surface area contributed by atoms with E-state index in [1.165, 1.54) is 6.08 Å².